The molecular weight excluding hydrogens is 182 g/mol. The number of benzene rings is 1. The second-order valence-corrected chi connectivity index (χ2v) is 5.90. The molecule has 0 fully saturated rings. The molecule has 0 N–H and O–H groups in total. The summed E-state index contributed by atoms with van der Waals surface area (Å²) in [6.07, 6.45) is 0. The van der Waals surface area contributed by atoms with Crippen LogP contribution in [-0.2, 0) is 10.8 Å². The molecule has 0 nitrogen and oxygen atoms in total. The van der Waals surface area contributed by atoms with Crippen LogP contribution >= 0.6 is 0 Å². The van der Waals surface area contributed by atoms with Gasteiger partial charge in [0.1, 0.15) is 0 Å². The Morgan fingerprint density at radius 1 is 0.688 bits per heavy atom. The third-order valence-electron chi connectivity index (χ3n) is 2.36. The molecule has 0 atom stereocenters. The molecule has 1 rings (SSSR count). The Kier molecular flexibility index (Phi) is 7.48. The van der Waals surface area contributed by atoms with Crippen LogP contribution in [0.4, 0.5) is 0 Å². The Morgan fingerprint density at radius 2 is 0.938 bits per heavy atom. The third-order valence-corrected chi connectivity index (χ3v) is 2.36. The molecular formula is C14H20Li2. The van der Waals surface area contributed by atoms with E-state index in [9.17, 15) is 0 Å². The standard InChI is InChI=1S/C14H20.2Li/c1-13(2,3)11-7-9-12(10-8-11)14(4,5)6;;/h7,10H,1-6H3;;/q-2;2*+1. The van der Waals surface area contributed by atoms with Crippen LogP contribution in [-0.4, -0.2) is 0 Å². The zero-order valence-corrected chi connectivity index (χ0v) is 12.2. The van der Waals surface area contributed by atoms with Crippen LogP contribution in [0.15, 0.2) is 12.1 Å². The molecule has 0 radical (unpaired) electrons. The quantitative estimate of drug-likeness (QED) is 0.334. The van der Waals surface area contributed by atoms with Crippen LogP contribution in [0.25, 0.3) is 0 Å². The third kappa shape index (κ3) is 5.16. The summed E-state index contributed by atoms with van der Waals surface area (Å²) in [6.45, 7) is 13.2. The van der Waals surface area contributed by atoms with Gasteiger partial charge in [-0.1, -0.05) is 52.4 Å². The van der Waals surface area contributed by atoms with Crippen LogP contribution in [0.2, 0.25) is 0 Å². The van der Waals surface area contributed by atoms with E-state index in [0.717, 1.165) is 0 Å². The summed E-state index contributed by atoms with van der Waals surface area (Å²) in [5.74, 6) is 0. The summed E-state index contributed by atoms with van der Waals surface area (Å²) in [5, 5.41) is 0. The summed E-state index contributed by atoms with van der Waals surface area (Å²) in [7, 11) is 0. The summed E-state index contributed by atoms with van der Waals surface area (Å²) in [4.78, 5) is 0. The van der Waals surface area contributed by atoms with Crippen molar-refractivity contribution in [3.05, 3.63) is 35.4 Å². The van der Waals surface area contributed by atoms with Gasteiger partial charge in [0.2, 0.25) is 0 Å². The molecule has 0 spiro atoms. The van der Waals surface area contributed by atoms with E-state index >= 15 is 0 Å². The van der Waals surface area contributed by atoms with Crippen LogP contribution in [0, 0.1) is 12.1 Å². The van der Waals surface area contributed by atoms with Crippen LogP contribution < -0.4 is 37.7 Å². The van der Waals surface area contributed by atoms with E-state index in [0.29, 0.717) is 0 Å². The molecule has 0 heterocycles. The van der Waals surface area contributed by atoms with E-state index in [1.165, 1.54) is 11.1 Å². The van der Waals surface area contributed by atoms with Gasteiger partial charge < -0.3 is 12.1 Å². The van der Waals surface area contributed by atoms with E-state index in [-0.39, 0.29) is 48.6 Å². The molecule has 2 heteroatoms. The van der Waals surface area contributed by atoms with E-state index in [1.54, 1.807) is 0 Å². The maximum absolute atomic E-state index is 3.35. The van der Waals surface area contributed by atoms with Gasteiger partial charge in [0.25, 0.3) is 0 Å². The molecule has 0 aromatic heterocycles. The van der Waals surface area contributed by atoms with Crippen molar-refractivity contribution >= 4 is 0 Å². The monoisotopic (exact) mass is 202 g/mol. The Bertz CT molecular complexity index is 266. The van der Waals surface area contributed by atoms with Gasteiger partial charge in [-0.05, 0) is 0 Å². The summed E-state index contributed by atoms with van der Waals surface area (Å²) in [6, 6.07) is 10.8. The molecule has 0 aliphatic heterocycles. The normalized spacial score (nSPS) is 11.4. The van der Waals surface area contributed by atoms with Gasteiger partial charge in [-0.2, -0.15) is 0 Å². The van der Waals surface area contributed by atoms with E-state index < -0.39 is 0 Å². The van der Waals surface area contributed by atoms with Crippen molar-refractivity contribution < 1.29 is 37.7 Å². The Hall–Kier alpha value is 0.415. The molecule has 0 saturated heterocycles. The predicted octanol–water partition coefficient (Wildman–Crippen LogP) is -2.11. The van der Waals surface area contributed by atoms with Crippen molar-refractivity contribution in [2.75, 3.05) is 0 Å². The molecule has 16 heavy (non-hydrogen) atoms. The molecule has 0 amide bonds. The average molecular weight is 202 g/mol. The largest absolute Gasteiger partial charge is 1.00 e. The minimum absolute atomic E-state index is 0. The predicted molar refractivity (Wildman–Crippen MR) is 61.5 cm³/mol. The summed E-state index contributed by atoms with van der Waals surface area (Å²) < 4.78 is 0. The smallest absolute Gasteiger partial charge is 0.315 e. The van der Waals surface area contributed by atoms with Gasteiger partial charge in [-0.15, -0.1) is 0 Å². The van der Waals surface area contributed by atoms with Crippen LogP contribution in [0.5, 0.6) is 0 Å². The fourth-order valence-corrected chi connectivity index (χ4v) is 1.25. The molecule has 1 aromatic carbocycles. The first kappa shape index (κ1) is 18.8. The minimum atomic E-state index is 0. The first-order valence-corrected chi connectivity index (χ1v) is 5.15. The molecule has 0 bridgehead atoms. The van der Waals surface area contributed by atoms with Gasteiger partial charge >= 0.3 is 37.7 Å². The van der Waals surface area contributed by atoms with Crippen LogP contribution in [0.1, 0.15) is 52.7 Å². The van der Waals surface area contributed by atoms with E-state index in [1.807, 2.05) is 0 Å². The average Bonchev–Trinajstić information content (AvgIpc) is 2.01. The fraction of sp³-hybridized carbons (Fsp3) is 0.571. The van der Waals surface area contributed by atoms with Crippen molar-refractivity contribution in [1.29, 1.82) is 0 Å². The molecule has 0 unspecified atom stereocenters. The number of hydrogen-bond acceptors (Lipinski definition) is 0. The fourth-order valence-electron chi connectivity index (χ4n) is 1.25. The molecule has 0 aliphatic rings. The second kappa shape index (κ2) is 6.38. The van der Waals surface area contributed by atoms with Crippen molar-refractivity contribution in [1.82, 2.24) is 0 Å². The zero-order valence-electron chi connectivity index (χ0n) is 12.2. The van der Waals surface area contributed by atoms with Crippen molar-refractivity contribution in [2.45, 2.75) is 52.4 Å². The van der Waals surface area contributed by atoms with E-state index in [2.05, 4.69) is 65.8 Å². The maximum atomic E-state index is 3.35. The zero-order chi connectivity index (χ0) is 11.0. The van der Waals surface area contributed by atoms with Gasteiger partial charge in [-0.25, -0.2) is 0 Å². The Morgan fingerprint density at radius 3 is 1.06 bits per heavy atom. The van der Waals surface area contributed by atoms with Crippen molar-refractivity contribution in [3.8, 4) is 0 Å². The molecule has 0 aliphatic carbocycles. The van der Waals surface area contributed by atoms with Crippen LogP contribution in [0.3, 0.4) is 0 Å². The van der Waals surface area contributed by atoms with Crippen molar-refractivity contribution in [3.63, 3.8) is 0 Å². The summed E-state index contributed by atoms with van der Waals surface area (Å²) >= 11 is 0. The van der Waals surface area contributed by atoms with Gasteiger partial charge in [0.15, 0.2) is 0 Å². The summed E-state index contributed by atoms with van der Waals surface area (Å²) in [5.41, 5.74) is 2.80. The first-order chi connectivity index (χ1) is 6.21. The van der Waals surface area contributed by atoms with Crippen molar-refractivity contribution in [2.24, 2.45) is 0 Å². The SMILES string of the molecule is CC(C)(C)c1[c-]cc(C(C)(C)C)[c-]c1.[Li+].[Li+]. The topological polar surface area (TPSA) is 0 Å². The number of hydrogen-bond donors (Lipinski definition) is 0. The molecule has 1 aromatic rings. The Balaban J connectivity index is 0. The maximum Gasteiger partial charge on any atom is 1.00 e. The van der Waals surface area contributed by atoms with Gasteiger partial charge in [0.05, 0.1) is 0 Å². The second-order valence-electron chi connectivity index (χ2n) is 5.90. The minimum Gasteiger partial charge on any atom is -0.315 e. The first-order valence-electron chi connectivity index (χ1n) is 5.15. The van der Waals surface area contributed by atoms with E-state index in [4.69, 9.17) is 0 Å². The Labute approximate surface area is 125 Å². The van der Waals surface area contributed by atoms with Gasteiger partial charge in [-0.3, -0.25) is 23.3 Å². The molecule has 0 saturated carbocycles. The molecule has 78 valence electrons. The van der Waals surface area contributed by atoms with Gasteiger partial charge in [0, 0.05) is 0 Å². The number of rotatable bonds is 0.